The average Bonchev–Trinajstić information content (AvgIpc) is 1.67. The van der Waals surface area contributed by atoms with Crippen molar-refractivity contribution in [3.8, 4) is 0 Å². The van der Waals surface area contributed by atoms with Gasteiger partial charge in [-0.15, -0.1) is 6.61 Å². The largest absolute Gasteiger partial charge is 0.855 e. The molecule has 0 aliphatic carbocycles. The molecule has 5 heteroatoms. The van der Waals surface area contributed by atoms with Gasteiger partial charge in [0.25, 0.3) is 0 Å². The van der Waals surface area contributed by atoms with E-state index in [1.165, 1.54) is 6.08 Å². The Bertz CT molecular complexity index is 93.8. The molecular weight excluding hydrogens is 148 g/mol. The van der Waals surface area contributed by atoms with Crippen molar-refractivity contribution in [1.29, 1.82) is 0 Å². The lowest BCUT2D eigenvalue weighted by Crippen LogP contribution is -2.18. The molecule has 0 saturated carbocycles. The normalized spacial score (nSPS) is 6.82. The summed E-state index contributed by atoms with van der Waals surface area (Å²) in [6.45, 7) is 3.19. The van der Waals surface area contributed by atoms with Crippen LogP contribution in [0.1, 0.15) is 13.8 Å². The number of rotatable bonds is 1. The molecule has 0 atom stereocenters. The molecule has 0 heterocycles. The van der Waals surface area contributed by atoms with Gasteiger partial charge >= 0.3 is 0 Å². The fourth-order valence-corrected chi connectivity index (χ4v) is 0.136. The molecule has 0 radical (unpaired) electrons. The van der Waals surface area contributed by atoms with E-state index in [-0.39, 0.29) is 18.9 Å². The molecule has 5 nitrogen and oxygen atoms in total. The first-order chi connectivity index (χ1) is 4.18. The van der Waals surface area contributed by atoms with Gasteiger partial charge in [-0.1, -0.05) is 13.0 Å². The topological polar surface area (TPSA) is 136 Å². The minimum atomic E-state index is -1.14. The lowest BCUT2D eigenvalue weighted by molar-refractivity contribution is -0.361. The van der Waals surface area contributed by atoms with Crippen molar-refractivity contribution in [3.05, 3.63) is 12.2 Å². The molecule has 8 N–H and O–H groups in total. The highest BCUT2D eigenvalue weighted by molar-refractivity contribution is 5.77. The van der Waals surface area contributed by atoms with E-state index in [4.69, 9.17) is 5.11 Å². The summed E-state index contributed by atoms with van der Waals surface area (Å²) in [6, 6.07) is 0. The van der Waals surface area contributed by atoms with Crippen LogP contribution in [0.25, 0.3) is 0 Å². The van der Waals surface area contributed by atoms with Gasteiger partial charge in [0.2, 0.25) is 0 Å². The van der Waals surface area contributed by atoms with E-state index in [0.29, 0.717) is 0 Å². The van der Waals surface area contributed by atoms with E-state index < -0.39 is 5.97 Å². The third kappa shape index (κ3) is 105. The highest BCUT2D eigenvalue weighted by Crippen LogP contribution is 1.61. The quantitative estimate of drug-likeness (QED) is 0.504. The summed E-state index contributed by atoms with van der Waals surface area (Å²) < 4.78 is 0. The van der Waals surface area contributed by atoms with Gasteiger partial charge in [0, 0.05) is 0 Å². The van der Waals surface area contributed by atoms with Crippen molar-refractivity contribution in [3.63, 3.8) is 0 Å². The molecule has 0 rings (SSSR count). The second-order valence-electron chi connectivity index (χ2n) is 1.11. The number of carboxylic acid groups (broad SMARTS) is 1. The molecule has 0 saturated heterocycles. The zero-order chi connectivity index (χ0) is 7.70. The third-order valence-electron chi connectivity index (χ3n) is 0.303. The zero-order valence-electron chi connectivity index (χ0n) is 7.59. The third-order valence-corrected chi connectivity index (χ3v) is 0.303. The minimum Gasteiger partial charge on any atom is -0.855 e. The van der Waals surface area contributed by atoms with E-state index in [1.807, 2.05) is 0 Å². The molecule has 0 spiro atoms. The molecule has 0 aliphatic rings. The van der Waals surface area contributed by atoms with Gasteiger partial charge in [-0.05, 0) is 13.0 Å². The molecule has 0 bridgehead atoms. The van der Waals surface area contributed by atoms with Crippen molar-refractivity contribution in [2.75, 3.05) is 6.61 Å². The number of aliphatic carboxylic acids is 1. The van der Waals surface area contributed by atoms with Crippen molar-refractivity contribution in [1.82, 2.24) is 12.3 Å². The zero-order valence-corrected chi connectivity index (χ0v) is 7.59. The second kappa shape index (κ2) is 23.0. The summed E-state index contributed by atoms with van der Waals surface area (Å²) in [4.78, 5) is 9.40. The van der Waals surface area contributed by atoms with Crippen LogP contribution in [0.15, 0.2) is 12.2 Å². The van der Waals surface area contributed by atoms with Crippen LogP contribution < -0.4 is 22.5 Å². The lowest BCUT2D eigenvalue weighted by Gasteiger charge is -1.83. The Labute approximate surface area is 66.9 Å². The van der Waals surface area contributed by atoms with Crippen LogP contribution in [0.5, 0.6) is 0 Å². The Morgan fingerprint density at radius 2 is 1.73 bits per heavy atom. The highest BCUT2D eigenvalue weighted by Gasteiger charge is 1.61. The summed E-state index contributed by atoms with van der Waals surface area (Å²) >= 11 is 0. The Balaban J connectivity index is -0.0000000437. The van der Waals surface area contributed by atoms with E-state index >= 15 is 0 Å². The SMILES string of the molecule is CC=CC(=O)[O-].CC[O-].[NH4+].[NH4+]. The Kier molecular flexibility index (Phi) is 46.9. The Morgan fingerprint density at radius 3 is 1.73 bits per heavy atom. The van der Waals surface area contributed by atoms with Crippen LogP contribution >= 0.6 is 0 Å². The van der Waals surface area contributed by atoms with Crippen LogP contribution in [0, 0.1) is 0 Å². The van der Waals surface area contributed by atoms with Crippen LogP contribution in [-0.2, 0) is 4.79 Å². The number of allylic oxidation sites excluding steroid dienone is 1. The molecular formula is C6H18N2O3. The first-order valence-corrected chi connectivity index (χ1v) is 2.60. The second-order valence-corrected chi connectivity index (χ2v) is 1.11. The van der Waals surface area contributed by atoms with E-state index in [9.17, 15) is 9.90 Å². The van der Waals surface area contributed by atoms with Crippen molar-refractivity contribution >= 4 is 5.97 Å². The van der Waals surface area contributed by atoms with E-state index in [1.54, 1.807) is 13.8 Å². The molecule has 0 fully saturated rings. The van der Waals surface area contributed by atoms with Gasteiger partial charge in [0.15, 0.2) is 0 Å². The van der Waals surface area contributed by atoms with E-state index in [2.05, 4.69) is 0 Å². The summed E-state index contributed by atoms with van der Waals surface area (Å²) in [5, 5.41) is 18.3. The molecule has 0 aromatic rings. The maximum Gasteiger partial charge on any atom is 0.0639 e. The van der Waals surface area contributed by atoms with Crippen LogP contribution in [-0.4, -0.2) is 12.6 Å². The van der Waals surface area contributed by atoms with Gasteiger partial charge in [-0.25, -0.2) is 0 Å². The molecule has 0 unspecified atom stereocenters. The minimum absolute atomic E-state index is 0. The Morgan fingerprint density at radius 1 is 1.45 bits per heavy atom. The fraction of sp³-hybridized carbons (Fsp3) is 0.500. The predicted octanol–water partition coefficient (Wildman–Crippen LogP) is -0.569. The monoisotopic (exact) mass is 166 g/mol. The summed E-state index contributed by atoms with van der Waals surface area (Å²) in [5.41, 5.74) is 0. The number of carboxylic acids is 1. The molecule has 11 heavy (non-hydrogen) atoms. The first kappa shape index (κ1) is 22.5. The number of carbonyl (C=O) groups excluding carboxylic acids is 1. The van der Waals surface area contributed by atoms with Gasteiger partial charge in [0.1, 0.15) is 0 Å². The Hall–Kier alpha value is -0.910. The van der Waals surface area contributed by atoms with Gasteiger partial charge < -0.3 is 27.3 Å². The molecule has 0 amide bonds. The maximum absolute atomic E-state index is 9.40. The highest BCUT2D eigenvalue weighted by atomic mass is 16.4. The standard InChI is InChI=1S/C4H6O2.C2H5O.2H3N/c1-2-3-4(5)6;1-2-3;;/h2-3H,1H3,(H,5,6);2H2,1H3;2*1H3/q;-1;;/p+1. The number of carbonyl (C=O) groups is 1. The molecule has 0 aromatic heterocycles. The molecule has 0 aromatic carbocycles. The van der Waals surface area contributed by atoms with Crippen molar-refractivity contribution in [2.24, 2.45) is 0 Å². The van der Waals surface area contributed by atoms with E-state index in [0.717, 1.165) is 6.08 Å². The van der Waals surface area contributed by atoms with Crippen molar-refractivity contribution in [2.45, 2.75) is 13.8 Å². The van der Waals surface area contributed by atoms with Crippen LogP contribution in [0.2, 0.25) is 0 Å². The lowest BCUT2D eigenvalue weighted by atomic mass is 10.5. The predicted molar refractivity (Wildman–Crippen MR) is 42.3 cm³/mol. The maximum atomic E-state index is 9.40. The average molecular weight is 166 g/mol. The van der Waals surface area contributed by atoms with Gasteiger partial charge in [-0.2, -0.15) is 0 Å². The summed E-state index contributed by atoms with van der Waals surface area (Å²) in [5.74, 6) is -1.14. The number of hydrogen-bond acceptors (Lipinski definition) is 3. The van der Waals surface area contributed by atoms with Gasteiger partial charge in [-0.3, -0.25) is 0 Å². The number of quaternary nitrogens is 2. The fourth-order valence-electron chi connectivity index (χ4n) is 0.136. The van der Waals surface area contributed by atoms with Crippen LogP contribution in [0.3, 0.4) is 0 Å². The summed E-state index contributed by atoms with van der Waals surface area (Å²) in [6.07, 6.45) is 2.38. The first-order valence-electron chi connectivity index (χ1n) is 2.60. The van der Waals surface area contributed by atoms with Crippen LogP contribution in [0.4, 0.5) is 0 Å². The summed E-state index contributed by atoms with van der Waals surface area (Å²) in [7, 11) is 0. The van der Waals surface area contributed by atoms with Crippen molar-refractivity contribution < 1.29 is 15.0 Å². The molecule has 0 aliphatic heterocycles. The smallest absolute Gasteiger partial charge is 0.0639 e. The van der Waals surface area contributed by atoms with Gasteiger partial charge in [0.05, 0.1) is 5.97 Å². The molecule has 70 valence electrons. The number of hydrogen-bond donors (Lipinski definition) is 2.